The zero-order valence-electron chi connectivity index (χ0n) is 14.8. The zero-order chi connectivity index (χ0) is 18.6. The third kappa shape index (κ3) is 4.25. The molecular weight excluding hydrogens is 350 g/mol. The van der Waals surface area contributed by atoms with Crippen molar-refractivity contribution in [3.05, 3.63) is 60.2 Å². The fourth-order valence-electron chi connectivity index (χ4n) is 3.16. The van der Waals surface area contributed by atoms with Crippen LogP contribution in [0.1, 0.15) is 24.8 Å². The van der Waals surface area contributed by atoms with Crippen LogP contribution >= 0.6 is 0 Å². The quantitative estimate of drug-likeness (QED) is 0.809. The molecule has 0 aromatic heterocycles. The van der Waals surface area contributed by atoms with Gasteiger partial charge >= 0.3 is 0 Å². The zero-order valence-corrected chi connectivity index (χ0v) is 15.6. The summed E-state index contributed by atoms with van der Waals surface area (Å²) in [5.41, 5.74) is 1.23. The molecule has 2 aromatic rings. The number of anilines is 1. The molecule has 1 N–H and O–H groups in total. The molecule has 1 fully saturated rings. The second kappa shape index (κ2) is 7.50. The van der Waals surface area contributed by atoms with Crippen molar-refractivity contribution in [2.75, 3.05) is 23.9 Å². The minimum absolute atomic E-state index is 0.0109. The summed E-state index contributed by atoms with van der Waals surface area (Å²) in [4.78, 5) is 12.9. The molecule has 0 saturated heterocycles. The average molecular weight is 373 g/mol. The number of nitrogens with one attached hydrogen (secondary N) is 1. The Morgan fingerprint density at radius 2 is 1.85 bits per heavy atom. The largest absolute Gasteiger partial charge is 0.492 e. The van der Waals surface area contributed by atoms with Gasteiger partial charge in [0.2, 0.25) is 5.91 Å². The van der Waals surface area contributed by atoms with E-state index in [4.69, 9.17) is 4.74 Å². The Bertz CT molecular complexity index is 874. The molecule has 3 rings (SSSR count). The molecule has 0 unspecified atom stereocenters. The summed E-state index contributed by atoms with van der Waals surface area (Å²) in [5, 5.41) is 2.99. The van der Waals surface area contributed by atoms with Crippen molar-refractivity contribution in [1.29, 1.82) is 0 Å². The van der Waals surface area contributed by atoms with Gasteiger partial charge in [-0.2, -0.15) is 0 Å². The van der Waals surface area contributed by atoms with Crippen LogP contribution in [0.25, 0.3) is 0 Å². The van der Waals surface area contributed by atoms with Crippen LogP contribution in [0.2, 0.25) is 0 Å². The van der Waals surface area contributed by atoms with E-state index in [-0.39, 0.29) is 18.3 Å². The molecule has 0 aliphatic heterocycles. The van der Waals surface area contributed by atoms with Crippen molar-refractivity contribution in [3.8, 4) is 5.75 Å². The van der Waals surface area contributed by atoms with E-state index in [0.29, 0.717) is 11.4 Å². The third-order valence-electron chi connectivity index (χ3n) is 4.78. The summed E-state index contributed by atoms with van der Waals surface area (Å²) >= 11 is 0. The van der Waals surface area contributed by atoms with Gasteiger partial charge < -0.3 is 10.1 Å². The summed E-state index contributed by atoms with van der Waals surface area (Å²) in [6, 6.07) is 16.9. The Morgan fingerprint density at radius 1 is 1.12 bits per heavy atom. The van der Waals surface area contributed by atoms with Crippen LogP contribution in [0, 0.1) is 0 Å². The number of ether oxygens (including phenoxy) is 1. The molecule has 1 aliphatic carbocycles. The van der Waals surface area contributed by atoms with Crippen molar-refractivity contribution in [1.82, 2.24) is 0 Å². The Balaban J connectivity index is 1.68. The summed E-state index contributed by atoms with van der Waals surface area (Å²) in [6.07, 6.45) is 3.90. The Labute approximate surface area is 154 Å². The Morgan fingerprint density at radius 3 is 2.46 bits per heavy atom. The smallest absolute Gasteiger partial charge is 0.235 e. The highest BCUT2D eigenvalue weighted by molar-refractivity contribution is 7.90. The second-order valence-electron chi connectivity index (χ2n) is 6.76. The van der Waals surface area contributed by atoms with Gasteiger partial charge in [0.25, 0.3) is 0 Å². The van der Waals surface area contributed by atoms with Crippen LogP contribution in [0.3, 0.4) is 0 Å². The van der Waals surface area contributed by atoms with Crippen LogP contribution in [-0.2, 0) is 20.0 Å². The molecule has 1 saturated carbocycles. The fourth-order valence-corrected chi connectivity index (χ4v) is 3.55. The molecule has 1 amide bonds. The number of hydrogen-bond donors (Lipinski definition) is 1. The van der Waals surface area contributed by atoms with E-state index in [1.54, 1.807) is 24.3 Å². The van der Waals surface area contributed by atoms with Gasteiger partial charge in [-0.15, -0.1) is 0 Å². The summed E-state index contributed by atoms with van der Waals surface area (Å²) in [7, 11) is -3.06. The van der Waals surface area contributed by atoms with Gasteiger partial charge in [-0.05, 0) is 30.5 Å². The van der Waals surface area contributed by atoms with Gasteiger partial charge in [0, 0.05) is 18.0 Å². The van der Waals surface area contributed by atoms with E-state index in [9.17, 15) is 13.2 Å². The van der Waals surface area contributed by atoms with E-state index in [0.717, 1.165) is 24.8 Å². The highest BCUT2D eigenvalue weighted by Crippen LogP contribution is 2.44. The molecule has 0 spiro atoms. The SMILES string of the molecule is CS(=O)(=O)CCOc1cccc(NC(=O)C2(c3ccccc3)CCC2)c1. The molecule has 0 atom stereocenters. The first kappa shape index (κ1) is 18.5. The van der Waals surface area contributed by atoms with Crippen LogP contribution in [0.15, 0.2) is 54.6 Å². The lowest BCUT2D eigenvalue weighted by atomic mass is 9.64. The predicted octanol–water partition coefficient (Wildman–Crippen LogP) is 3.17. The summed E-state index contributed by atoms with van der Waals surface area (Å²) in [5.74, 6) is 0.484. The van der Waals surface area contributed by atoms with Crippen LogP contribution < -0.4 is 10.1 Å². The number of sulfone groups is 1. The number of rotatable bonds is 7. The number of hydrogen-bond acceptors (Lipinski definition) is 4. The van der Waals surface area contributed by atoms with Gasteiger partial charge in [-0.3, -0.25) is 4.79 Å². The first-order chi connectivity index (χ1) is 12.4. The third-order valence-corrected chi connectivity index (χ3v) is 5.69. The van der Waals surface area contributed by atoms with Gasteiger partial charge in [-0.1, -0.05) is 42.8 Å². The maximum atomic E-state index is 12.9. The normalized spacial score (nSPS) is 15.7. The molecule has 1 aliphatic rings. The van der Waals surface area contributed by atoms with Crippen molar-refractivity contribution in [3.63, 3.8) is 0 Å². The minimum atomic E-state index is -3.06. The van der Waals surface area contributed by atoms with E-state index in [1.807, 2.05) is 30.3 Å². The van der Waals surface area contributed by atoms with Crippen LogP contribution in [-0.4, -0.2) is 32.9 Å². The van der Waals surface area contributed by atoms with Crippen molar-refractivity contribution in [2.45, 2.75) is 24.7 Å². The van der Waals surface area contributed by atoms with E-state index >= 15 is 0 Å². The molecule has 26 heavy (non-hydrogen) atoms. The lowest BCUT2D eigenvalue weighted by molar-refractivity contribution is -0.124. The van der Waals surface area contributed by atoms with Gasteiger partial charge in [-0.25, -0.2) is 8.42 Å². The first-order valence-corrected chi connectivity index (χ1v) is 10.7. The number of carbonyl (C=O) groups is 1. The number of benzene rings is 2. The Hall–Kier alpha value is -2.34. The maximum absolute atomic E-state index is 12.9. The van der Waals surface area contributed by atoms with Gasteiger partial charge in [0.15, 0.2) is 9.84 Å². The predicted molar refractivity (Wildman–Crippen MR) is 102 cm³/mol. The van der Waals surface area contributed by atoms with Crippen molar-refractivity contribution < 1.29 is 17.9 Å². The lowest BCUT2D eigenvalue weighted by Gasteiger charge is -2.40. The molecule has 0 bridgehead atoms. The Kier molecular flexibility index (Phi) is 5.32. The molecular formula is C20H23NO4S. The van der Waals surface area contributed by atoms with Crippen molar-refractivity contribution >= 4 is 21.4 Å². The first-order valence-electron chi connectivity index (χ1n) is 8.67. The number of amides is 1. The lowest BCUT2D eigenvalue weighted by Crippen LogP contribution is -2.45. The van der Waals surface area contributed by atoms with E-state index in [1.165, 1.54) is 6.26 Å². The highest BCUT2D eigenvalue weighted by atomic mass is 32.2. The van der Waals surface area contributed by atoms with Crippen molar-refractivity contribution in [2.24, 2.45) is 0 Å². The molecule has 0 heterocycles. The standard InChI is InChI=1S/C20H23NO4S/c1-26(23,24)14-13-25-18-10-5-9-17(15-18)21-19(22)20(11-6-12-20)16-7-3-2-4-8-16/h2-5,7-10,15H,6,11-14H2,1H3,(H,21,22). The summed E-state index contributed by atoms with van der Waals surface area (Å²) < 4.78 is 27.8. The molecule has 2 aromatic carbocycles. The monoisotopic (exact) mass is 373 g/mol. The van der Waals surface area contributed by atoms with Crippen LogP contribution in [0.4, 0.5) is 5.69 Å². The van der Waals surface area contributed by atoms with Crippen LogP contribution in [0.5, 0.6) is 5.75 Å². The fraction of sp³-hybridized carbons (Fsp3) is 0.350. The summed E-state index contributed by atoms with van der Waals surface area (Å²) in [6.45, 7) is 0.0875. The van der Waals surface area contributed by atoms with E-state index < -0.39 is 15.3 Å². The minimum Gasteiger partial charge on any atom is -0.492 e. The van der Waals surface area contributed by atoms with E-state index in [2.05, 4.69) is 5.32 Å². The molecule has 0 radical (unpaired) electrons. The topological polar surface area (TPSA) is 72.5 Å². The highest BCUT2D eigenvalue weighted by Gasteiger charge is 2.45. The molecule has 5 nitrogen and oxygen atoms in total. The van der Waals surface area contributed by atoms with Gasteiger partial charge in [0.1, 0.15) is 12.4 Å². The van der Waals surface area contributed by atoms with Gasteiger partial charge in [0.05, 0.1) is 11.2 Å². The molecule has 138 valence electrons. The maximum Gasteiger partial charge on any atom is 0.235 e. The molecule has 6 heteroatoms. The second-order valence-corrected chi connectivity index (χ2v) is 9.02. The number of carbonyl (C=O) groups excluding carboxylic acids is 1. The average Bonchev–Trinajstić information content (AvgIpc) is 2.54.